The van der Waals surface area contributed by atoms with Crippen LogP contribution in [0.2, 0.25) is 0 Å². The predicted molar refractivity (Wildman–Crippen MR) is 54.2 cm³/mol. The number of carbonyl (C=O) groups excluding carboxylic acids is 1. The molecule has 0 atom stereocenters. The van der Waals surface area contributed by atoms with Crippen molar-refractivity contribution in [2.24, 2.45) is 0 Å². The minimum Gasteiger partial charge on any atom is -0.545 e. The molecule has 1 rings (SSSR count). The van der Waals surface area contributed by atoms with Crippen molar-refractivity contribution in [1.82, 2.24) is 0 Å². The van der Waals surface area contributed by atoms with Gasteiger partial charge in [0.15, 0.2) is 0 Å². The Bertz CT molecular complexity index is 360. The van der Waals surface area contributed by atoms with E-state index in [-0.39, 0.29) is 5.56 Å². The van der Waals surface area contributed by atoms with Gasteiger partial charge in [0, 0.05) is 0 Å². The first-order chi connectivity index (χ1) is 6.65. The molecule has 0 amide bonds. The molecule has 0 aliphatic rings. The van der Waals surface area contributed by atoms with Crippen LogP contribution < -0.4 is 9.84 Å². The van der Waals surface area contributed by atoms with E-state index < -0.39 is 5.97 Å². The van der Waals surface area contributed by atoms with Gasteiger partial charge in [0.25, 0.3) is 0 Å². The van der Waals surface area contributed by atoms with Gasteiger partial charge in [-0.1, -0.05) is 12.7 Å². The monoisotopic (exact) mass is 255 g/mol. The van der Waals surface area contributed by atoms with Gasteiger partial charge in [-0.2, -0.15) is 0 Å². The summed E-state index contributed by atoms with van der Waals surface area (Å²) in [4.78, 5) is 10.5. The van der Waals surface area contributed by atoms with Crippen molar-refractivity contribution in [2.45, 2.75) is 0 Å². The molecular formula is C10H8BrO3-. The van der Waals surface area contributed by atoms with Crippen molar-refractivity contribution in [3.05, 3.63) is 40.9 Å². The van der Waals surface area contributed by atoms with E-state index >= 15 is 0 Å². The average molecular weight is 256 g/mol. The molecule has 0 aliphatic carbocycles. The molecule has 74 valence electrons. The second-order valence-corrected chi connectivity index (χ2v) is 3.39. The number of ether oxygens (including phenoxy) is 1. The molecular weight excluding hydrogens is 248 g/mol. The van der Waals surface area contributed by atoms with E-state index in [1.807, 2.05) is 0 Å². The number of hydrogen-bond donors (Lipinski definition) is 0. The summed E-state index contributed by atoms with van der Waals surface area (Å²) in [6, 6.07) is 4.44. The van der Waals surface area contributed by atoms with Crippen molar-refractivity contribution in [1.29, 1.82) is 0 Å². The summed E-state index contributed by atoms with van der Waals surface area (Å²) in [6.07, 6.45) is 1.61. The topological polar surface area (TPSA) is 49.4 Å². The Morgan fingerprint density at radius 2 is 2.36 bits per heavy atom. The van der Waals surface area contributed by atoms with E-state index in [0.717, 1.165) is 0 Å². The largest absolute Gasteiger partial charge is 0.545 e. The highest BCUT2D eigenvalue weighted by atomic mass is 79.9. The number of halogens is 1. The van der Waals surface area contributed by atoms with E-state index in [2.05, 4.69) is 22.5 Å². The Kier molecular flexibility index (Phi) is 3.71. The molecule has 0 heterocycles. The fourth-order valence-electron chi connectivity index (χ4n) is 0.894. The molecule has 0 saturated heterocycles. The van der Waals surface area contributed by atoms with Gasteiger partial charge in [0.05, 0.1) is 10.4 Å². The van der Waals surface area contributed by atoms with Crippen molar-refractivity contribution >= 4 is 21.9 Å². The van der Waals surface area contributed by atoms with E-state index in [0.29, 0.717) is 16.8 Å². The molecule has 0 bridgehead atoms. The van der Waals surface area contributed by atoms with Gasteiger partial charge in [-0.05, 0) is 39.7 Å². The summed E-state index contributed by atoms with van der Waals surface area (Å²) in [5.41, 5.74) is 0.114. The number of rotatable bonds is 4. The molecule has 3 nitrogen and oxygen atoms in total. The maximum absolute atomic E-state index is 10.5. The maximum Gasteiger partial charge on any atom is 0.133 e. The van der Waals surface area contributed by atoms with Crippen molar-refractivity contribution in [2.75, 3.05) is 6.61 Å². The van der Waals surface area contributed by atoms with Gasteiger partial charge in [0.2, 0.25) is 0 Å². The highest BCUT2D eigenvalue weighted by Gasteiger charge is 2.02. The first-order valence-electron chi connectivity index (χ1n) is 3.89. The molecule has 4 heteroatoms. The number of carboxylic acids is 1. The standard InChI is InChI=1S/C10H9BrO3/c1-2-5-14-9-4-3-7(10(12)13)6-8(9)11/h2-4,6H,1,5H2,(H,12,13)/p-1. The van der Waals surface area contributed by atoms with Gasteiger partial charge >= 0.3 is 0 Å². The quantitative estimate of drug-likeness (QED) is 0.764. The molecule has 0 spiro atoms. The summed E-state index contributed by atoms with van der Waals surface area (Å²) in [6.45, 7) is 3.89. The van der Waals surface area contributed by atoms with Gasteiger partial charge in [-0.25, -0.2) is 0 Å². The maximum atomic E-state index is 10.5. The Morgan fingerprint density at radius 1 is 1.64 bits per heavy atom. The third-order valence-corrected chi connectivity index (χ3v) is 2.14. The van der Waals surface area contributed by atoms with Crippen molar-refractivity contribution in [3.63, 3.8) is 0 Å². The van der Waals surface area contributed by atoms with Crippen molar-refractivity contribution < 1.29 is 14.6 Å². The van der Waals surface area contributed by atoms with Gasteiger partial charge in [-0.15, -0.1) is 0 Å². The molecule has 1 aromatic rings. The fraction of sp³-hybridized carbons (Fsp3) is 0.100. The molecule has 0 N–H and O–H groups in total. The number of aromatic carboxylic acids is 1. The normalized spacial score (nSPS) is 9.50. The van der Waals surface area contributed by atoms with E-state index in [9.17, 15) is 9.90 Å². The SMILES string of the molecule is C=CCOc1ccc(C(=O)[O-])cc1Br. The fourth-order valence-corrected chi connectivity index (χ4v) is 1.39. The van der Waals surface area contributed by atoms with Crippen LogP contribution in [0, 0.1) is 0 Å². The first kappa shape index (κ1) is 10.8. The summed E-state index contributed by atoms with van der Waals surface area (Å²) in [5, 5.41) is 10.5. The van der Waals surface area contributed by atoms with Crippen LogP contribution >= 0.6 is 15.9 Å². The Hall–Kier alpha value is -1.29. The summed E-state index contributed by atoms with van der Waals surface area (Å²) < 4.78 is 5.83. The summed E-state index contributed by atoms with van der Waals surface area (Å²) in [5.74, 6) is -0.629. The van der Waals surface area contributed by atoms with Crippen LogP contribution in [0.1, 0.15) is 10.4 Å². The van der Waals surface area contributed by atoms with Crippen LogP contribution in [0.15, 0.2) is 35.3 Å². The Labute approximate surface area is 90.1 Å². The van der Waals surface area contributed by atoms with E-state index in [1.165, 1.54) is 12.1 Å². The lowest BCUT2D eigenvalue weighted by atomic mass is 10.2. The molecule has 1 aromatic carbocycles. The molecule has 0 radical (unpaired) electrons. The Balaban J connectivity index is 2.89. The van der Waals surface area contributed by atoms with Crippen molar-refractivity contribution in [3.8, 4) is 5.75 Å². The second-order valence-electron chi connectivity index (χ2n) is 2.53. The van der Waals surface area contributed by atoms with Crippen LogP contribution in [0.25, 0.3) is 0 Å². The third kappa shape index (κ3) is 2.60. The average Bonchev–Trinajstić information content (AvgIpc) is 2.15. The highest BCUT2D eigenvalue weighted by molar-refractivity contribution is 9.10. The lowest BCUT2D eigenvalue weighted by molar-refractivity contribution is -0.255. The molecule has 0 saturated carbocycles. The van der Waals surface area contributed by atoms with Crippen LogP contribution in [-0.4, -0.2) is 12.6 Å². The Morgan fingerprint density at radius 3 is 2.86 bits per heavy atom. The van der Waals surface area contributed by atoms with Gasteiger partial charge < -0.3 is 14.6 Å². The number of carbonyl (C=O) groups is 1. The zero-order valence-electron chi connectivity index (χ0n) is 7.33. The summed E-state index contributed by atoms with van der Waals surface area (Å²) >= 11 is 3.20. The van der Waals surface area contributed by atoms with Gasteiger partial charge in [-0.3, -0.25) is 0 Å². The molecule has 0 fully saturated rings. The minimum atomic E-state index is -1.21. The lowest BCUT2D eigenvalue weighted by Crippen LogP contribution is -2.22. The highest BCUT2D eigenvalue weighted by Crippen LogP contribution is 2.25. The van der Waals surface area contributed by atoms with Crippen LogP contribution in [0.4, 0.5) is 0 Å². The minimum absolute atomic E-state index is 0.114. The predicted octanol–water partition coefficient (Wildman–Crippen LogP) is 1.38. The summed E-state index contributed by atoms with van der Waals surface area (Å²) in [7, 11) is 0. The van der Waals surface area contributed by atoms with E-state index in [1.54, 1.807) is 12.1 Å². The zero-order chi connectivity index (χ0) is 10.6. The van der Waals surface area contributed by atoms with E-state index in [4.69, 9.17) is 4.74 Å². The molecule has 0 aliphatic heterocycles. The van der Waals surface area contributed by atoms with Crippen LogP contribution in [0.3, 0.4) is 0 Å². The van der Waals surface area contributed by atoms with Crippen LogP contribution in [-0.2, 0) is 0 Å². The smallest absolute Gasteiger partial charge is 0.133 e. The third-order valence-electron chi connectivity index (χ3n) is 1.52. The molecule has 14 heavy (non-hydrogen) atoms. The molecule has 0 unspecified atom stereocenters. The molecule has 0 aromatic heterocycles. The number of carboxylic acid groups (broad SMARTS) is 1. The second kappa shape index (κ2) is 4.81. The van der Waals surface area contributed by atoms with Gasteiger partial charge in [0.1, 0.15) is 12.4 Å². The lowest BCUT2D eigenvalue weighted by Gasteiger charge is -2.08. The number of hydrogen-bond acceptors (Lipinski definition) is 3. The first-order valence-corrected chi connectivity index (χ1v) is 4.69. The zero-order valence-corrected chi connectivity index (χ0v) is 8.91. The number of benzene rings is 1. The van der Waals surface area contributed by atoms with Crippen LogP contribution in [0.5, 0.6) is 5.75 Å².